The summed E-state index contributed by atoms with van der Waals surface area (Å²) in [4.78, 5) is 52.1. The van der Waals surface area contributed by atoms with Gasteiger partial charge in [-0.3, -0.25) is 19.3 Å². The molecule has 4 rings (SSSR count). The number of carbonyl (C=O) groups is 4. The van der Waals surface area contributed by atoms with E-state index in [1.165, 1.54) is 23.1 Å². The predicted octanol–water partition coefficient (Wildman–Crippen LogP) is 0.679. The zero-order valence-corrected chi connectivity index (χ0v) is 16.8. The highest BCUT2D eigenvalue weighted by molar-refractivity contribution is 6.09. The Hall–Kier alpha value is -2.90. The van der Waals surface area contributed by atoms with Gasteiger partial charge in [-0.1, -0.05) is 18.2 Å². The molecule has 0 aromatic heterocycles. The molecule has 1 aromatic carbocycles. The van der Waals surface area contributed by atoms with E-state index in [2.05, 4.69) is 10.6 Å². The third kappa shape index (κ3) is 3.71. The number of imide groups is 1. The number of benzene rings is 1. The second-order valence-electron chi connectivity index (χ2n) is 8.38. The van der Waals surface area contributed by atoms with E-state index in [4.69, 9.17) is 0 Å². The van der Waals surface area contributed by atoms with E-state index in [9.17, 15) is 19.2 Å². The van der Waals surface area contributed by atoms with Crippen molar-refractivity contribution in [3.63, 3.8) is 0 Å². The number of nitrogens with one attached hydrogen (secondary N) is 2. The summed E-state index contributed by atoms with van der Waals surface area (Å²) in [6, 6.07) is 5.50. The molecule has 3 aliphatic rings. The molecule has 29 heavy (non-hydrogen) atoms. The van der Waals surface area contributed by atoms with Crippen LogP contribution in [0, 0.1) is 0 Å². The lowest BCUT2D eigenvalue weighted by molar-refractivity contribution is -0.139. The summed E-state index contributed by atoms with van der Waals surface area (Å²) < 4.78 is 0. The normalized spacial score (nSPS) is 23.0. The molecule has 1 aromatic rings. The molecule has 1 atom stereocenters. The van der Waals surface area contributed by atoms with E-state index < -0.39 is 29.9 Å². The molecule has 8 nitrogen and oxygen atoms in total. The van der Waals surface area contributed by atoms with Crippen molar-refractivity contribution in [1.82, 2.24) is 20.4 Å². The fourth-order valence-electron chi connectivity index (χ4n) is 3.98. The minimum atomic E-state index is -1.20. The number of rotatable bonds is 6. The molecule has 2 aliphatic carbocycles. The van der Waals surface area contributed by atoms with Gasteiger partial charge in [-0.15, -0.1) is 0 Å². The minimum absolute atomic E-state index is 0.0962. The smallest absolute Gasteiger partial charge is 0.325 e. The first-order valence-electron chi connectivity index (χ1n) is 10.1. The van der Waals surface area contributed by atoms with Gasteiger partial charge >= 0.3 is 6.03 Å². The lowest BCUT2D eigenvalue weighted by atomic mass is 9.89. The SMILES string of the molecule is CN(CC(=O)NC1CC1)C(=O)CN1C(=O)N[C@](C)(c2ccc3c(c2)CCC3)C1=O. The Morgan fingerprint density at radius 3 is 2.69 bits per heavy atom. The van der Waals surface area contributed by atoms with Gasteiger partial charge in [-0.05, 0) is 55.7 Å². The standard InChI is InChI=1S/C21H26N4O4/c1-21(15-7-6-13-4-3-5-14(13)10-15)19(28)25(20(29)23-21)12-18(27)24(2)11-17(26)22-16-8-9-16/h6-7,10,16H,3-5,8-9,11-12H2,1-2H3,(H,22,26)(H,23,29)/t21-/m1/s1. The third-order valence-corrected chi connectivity index (χ3v) is 5.99. The number of nitrogens with zero attached hydrogens (tertiary/aromatic N) is 2. The molecule has 8 heteroatoms. The van der Waals surface area contributed by atoms with Gasteiger partial charge in [0.25, 0.3) is 5.91 Å². The molecule has 154 valence electrons. The van der Waals surface area contributed by atoms with Gasteiger partial charge < -0.3 is 15.5 Å². The molecular weight excluding hydrogens is 372 g/mol. The topological polar surface area (TPSA) is 98.8 Å². The van der Waals surface area contributed by atoms with Crippen molar-refractivity contribution in [2.24, 2.45) is 0 Å². The van der Waals surface area contributed by atoms with Crippen LogP contribution in [-0.2, 0) is 32.8 Å². The Kier molecular flexibility index (Phi) is 4.80. The number of likely N-dealkylation sites (N-methyl/N-ethyl adjacent to an activating group) is 1. The average Bonchev–Trinajstić information content (AvgIpc) is 3.30. The molecule has 1 heterocycles. The molecule has 0 radical (unpaired) electrons. The number of fused-ring (bicyclic) bond motifs is 1. The fourth-order valence-corrected chi connectivity index (χ4v) is 3.98. The largest absolute Gasteiger partial charge is 0.352 e. The van der Waals surface area contributed by atoms with Crippen molar-refractivity contribution in [2.45, 2.75) is 50.6 Å². The van der Waals surface area contributed by atoms with Crippen LogP contribution in [-0.4, -0.2) is 59.7 Å². The maximum absolute atomic E-state index is 13.1. The molecule has 2 N–H and O–H groups in total. The summed E-state index contributed by atoms with van der Waals surface area (Å²) in [6.45, 7) is 1.18. The quantitative estimate of drug-likeness (QED) is 0.689. The maximum Gasteiger partial charge on any atom is 0.325 e. The Balaban J connectivity index is 1.43. The van der Waals surface area contributed by atoms with E-state index in [0.29, 0.717) is 0 Å². The van der Waals surface area contributed by atoms with Gasteiger partial charge in [0, 0.05) is 13.1 Å². The Morgan fingerprint density at radius 1 is 1.24 bits per heavy atom. The number of carbonyl (C=O) groups excluding carboxylic acids is 4. The summed E-state index contributed by atoms with van der Waals surface area (Å²) in [5, 5.41) is 5.56. The summed E-state index contributed by atoms with van der Waals surface area (Å²) in [5.74, 6) is -1.15. The Bertz CT molecular complexity index is 895. The number of aryl methyl sites for hydroxylation is 2. The van der Waals surface area contributed by atoms with Crippen LogP contribution < -0.4 is 10.6 Å². The van der Waals surface area contributed by atoms with Crippen LogP contribution in [0.2, 0.25) is 0 Å². The van der Waals surface area contributed by atoms with Gasteiger partial charge in [0.2, 0.25) is 11.8 Å². The monoisotopic (exact) mass is 398 g/mol. The summed E-state index contributed by atoms with van der Waals surface area (Å²) in [6.07, 6.45) is 5.03. The molecule has 1 aliphatic heterocycles. The number of urea groups is 1. The van der Waals surface area contributed by atoms with Crippen LogP contribution >= 0.6 is 0 Å². The minimum Gasteiger partial charge on any atom is -0.352 e. The highest BCUT2D eigenvalue weighted by atomic mass is 16.2. The van der Waals surface area contributed by atoms with E-state index in [1.54, 1.807) is 6.92 Å². The van der Waals surface area contributed by atoms with Gasteiger partial charge in [0.1, 0.15) is 12.1 Å². The molecule has 1 saturated carbocycles. The molecule has 1 saturated heterocycles. The summed E-state index contributed by atoms with van der Waals surface area (Å²) >= 11 is 0. The zero-order chi connectivity index (χ0) is 20.8. The van der Waals surface area contributed by atoms with Gasteiger partial charge in [0.05, 0.1) is 6.54 Å². The van der Waals surface area contributed by atoms with Crippen molar-refractivity contribution in [2.75, 3.05) is 20.1 Å². The molecule has 0 unspecified atom stereocenters. The van der Waals surface area contributed by atoms with Crippen molar-refractivity contribution in [1.29, 1.82) is 0 Å². The van der Waals surface area contributed by atoms with Crippen LogP contribution in [0.15, 0.2) is 18.2 Å². The highest BCUT2D eigenvalue weighted by Crippen LogP contribution is 2.32. The fraction of sp³-hybridized carbons (Fsp3) is 0.524. The van der Waals surface area contributed by atoms with Crippen molar-refractivity contribution >= 4 is 23.8 Å². The molecule has 0 spiro atoms. The van der Waals surface area contributed by atoms with Gasteiger partial charge in [-0.2, -0.15) is 0 Å². The summed E-state index contributed by atoms with van der Waals surface area (Å²) in [7, 11) is 1.49. The number of hydrogen-bond donors (Lipinski definition) is 2. The molecular formula is C21H26N4O4. The molecule has 0 bridgehead atoms. The van der Waals surface area contributed by atoms with Crippen molar-refractivity contribution in [3.05, 3.63) is 34.9 Å². The number of hydrogen-bond acceptors (Lipinski definition) is 4. The van der Waals surface area contributed by atoms with Crippen LogP contribution in [0.4, 0.5) is 4.79 Å². The average molecular weight is 398 g/mol. The van der Waals surface area contributed by atoms with E-state index >= 15 is 0 Å². The molecule has 2 fully saturated rings. The van der Waals surface area contributed by atoms with E-state index in [1.807, 2.05) is 18.2 Å². The first-order valence-corrected chi connectivity index (χ1v) is 10.1. The summed E-state index contributed by atoms with van der Waals surface area (Å²) in [5.41, 5.74) is 2.02. The maximum atomic E-state index is 13.1. The first-order chi connectivity index (χ1) is 13.8. The van der Waals surface area contributed by atoms with Gasteiger partial charge in [0.15, 0.2) is 0 Å². The van der Waals surface area contributed by atoms with Crippen LogP contribution in [0.1, 0.15) is 42.9 Å². The lowest BCUT2D eigenvalue weighted by Gasteiger charge is -2.24. The van der Waals surface area contributed by atoms with Crippen molar-refractivity contribution < 1.29 is 19.2 Å². The second-order valence-corrected chi connectivity index (χ2v) is 8.38. The first kappa shape index (κ1) is 19.4. The Morgan fingerprint density at radius 2 is 1.97 bits per heavy atom. The van der Waals surface area contributed by atoms with E-state index in [0.717, 1.165) is 42.6 Å². The highest BCUT2D eigenvalue weighted by Gasteiger charge is 2.49. The van der Waals surface area contributed by atoms with Crippen LogP contribution in [0.25, 0.3) is 0 Å². The van der Waals surface area contributed by atoms with Crippen LogP contribution in [0.3, 0.4) is 0 Å². The van der Waals surface area contributed by atoms with Crippen molar-refractivity contribution in [3.8, 4) is 0 Å². The third-order valence-electron chi connectivity index (χ3n) is 5.99. The van der Waals surface area contributed by atoms with Gasteiger partial charge in [-0.25, -0.2) is 4.79 Å². The van der Waals surface area contributed by atoms with E-state index in [-0.39, 0.29) is 18.5 Å². The molecule has 5 amide bonds. The van der Waals surface area contributed by atoms with Crippen LogP contribution in [0.5, 0.6) is 0 Å². The predicted molar refractivity (Wildman–Crippen MR) is 105 cm³/mol. The second kappa shape index (κ2) is 7.17. The Labute approximate surface area is 169 Å². The number of amides is 5. The zero-order valence-electron chi connectivity index (χ0n) is 16.8. The lowest BCUT2D eigenvalue weighted by Crippen LogP contribution is -2.46.